The van der Waals surface area contributed by atoms with Crippen molar-refractivity contribution in [3.63, 3.8) is 0 Å². The molecule has 0 saturated carbocycles. The van der Waals surface area contributed by atoms with Crippen molar-refractivity contribution in [2.75, 3.05) is 5.32 Å². The highest BCUT2D eigenvalue weighted by atomic mass is 32.1. The SMILES string of the molecule is CCC(CC)c1nnc(NC(=O)[C@@H](CC)c2ccccc2)s1. The van der Waals surface area contributed by atoms with Gasteiger partial charge in [0.05, 0.1) is 5.92 Å². The standard InChI is InChI=1S/C17H23N3OS/c1-4-12(5-2)16-19-20-17(22-16)18-15(21)14(6-3)13-10-8-7-9-11-13/h7-12,14H,4-6H2,1-3H3,(H,18,20,21)/t14-/m0/s1. The fourth-order valence-corrected chi connectivity index (χ4v) is 3.55. The summed E-state index contributed by atoms with van der Waals surface area (Å²) < 4.78 is 0. The van der Waals surface area contributed by atoms with Crippen LogP contribution in [0.15, 0.2) is 30.3 Å². The molecule has 1 heterocycles. The van der Waals surface area contributed by atoms with Gasteiger partial charge in [0.2, 0.25) is 11.0 Å². The molecule has 0 unspecified atom stereocenters. The molecule has 5 heteroatoms. The molecule has 0 fully saturated rings. The molecule has 0 aliphatic heterocycles. The minimum atomic E-state index is -0.151. The molecular weight excluding hydrogens is 294 g/mol. The Labute approximate surface area is 136 Å². The van der Waals surface area contributed by atoms with Gasteiger partial charge in [0, 0.05) is 5.92 Å². The number of rotatable bonds is 7. The molecule has 2 rings (SSSR count). The van der Waals surface area contributed by atoms with Crippen LogP contribution >= 0.6 is 11.3 Å². The van der Waals surface area contributed by atoms with Gasteiger partial charge in [0.25, 0.3) is 0 Å². The largest absolute Gasteiger partial charge is 0.300 e. The highest BCUT2D eigenvalue weighted by molar-refractivity contribution is 7.15. The summed E-state index contributed by atoms with van der Waals surface area (Å²) in [6, 6.07) is 9.86. The molecule has 1 aromatic heterocycles. The van der Waals surface area contributed by atoms with E-state index in [2.05, 4.69) is 29.4 Å². The number of benzene rings is 1. The second-order valence-corrected chi connectivity index (χ2v) is 6.33. The molecule has 4 nitrogen and oxygen atoms in total. The third-order valence-corrected chi connectivity index (χ3v) is 4.93. The number of aromatic nitrogens is 2. The Hall–Kier alpha value is -1.75. The summed E-state index contributed by atoms with van der Waals surface area (Å²) in [4.78, 5) is 12.5. The molecule has 2 aromatic rings. The van der Waals surface area contributed by atoms with Gasteiger partial charge in [-0.05, 0) is 24.8 Å². The van der Waals surface area contributed by atoms with Crippen molar-refractivity contribution in [2.45, 2.75) is 51.9 Å². The zero-order chi connectivity index (χ0) is 15.9. The van der Waals surface area contributed by atoms with Crippen LogP contribution in [0.3, 0.4) is 0 Å². The molecule has 1 aromatic carbocycles. The minimum absolute atomic E-state index is 0.0130. The van der Waals surface area contributed by atoms with Gasteiger partial charge >= 0.3 is 0 Å². The summed E-state index contributed by atoms with van der Waals surface area (Å²) in [7, 11) is 0. The Morgan fingerprint density at radius 3 is 2.36 bits per heavy atom. The molecular formula is C17H23N3OS. The van der Waals surface area contributed by atoms with E-state index in [1.807, 2.05) is 37.3 Å². The van der Waals surface area contributed by atoms with Crippen molar-refractivity contribution in [1.82, 2.24) is 10.2 Å². The second-order valence-electron chi connectivity index (χ2n) is 5.32. The molecule has 0 aliphatic rings. The van der Waals surface area contributed by atoms with E-state index >= 15 is 0 Å². The lowest BCUT2D eigenvalue weighted by Crippen LogP contribution is -2.20. The van der Waals surface area contributed by atoms with Gasteiger partial charge in [-0.25, -0.2) is 0 Å². The molecule has 0 bridgehead atoms. The van der Waals surface area contributed by atoms with Crippen molar-refractivity contribution < 1.29 is 4.79 Å². The van der Waals surface area contributed by atoms with Gasteiger partial charge in [-0.15, -0.1) is 10.2 Å². The van der Waals surface area contributed by atoms with E-state index in [4.69, 9.17) is 0 Å². The van der Waals surface area contributed by atoms with Crippen LogP contribution in [-0.2, 0) is 4.79 Å². The van der Waals surface area contributed by atoms with E-state index in [1.54, 1.807) is 0 Å². The highest BCUT2D eigenvalue weighted by Crippen LogP contribution is 2.29. The number of hydrogen-bond donors (Lipinski definition) is 1. The fraction of sp³-hybridized carbons (Fsp3) is 0.471. The molecule has 0 radical (unpaired) electrons. The average molecular weight is 317 g/mol. The van der Waals surface area contributed by atoms with E-state index < -0.39 is 0 Å². The quantitative estimate of drug-likeness (QED) is 0.813. The first-order valence-corrected chi connectivity index (χ1v) is 8.70. The van der Waals surface area contributed by atoms with E-state index in [-0.39, 0.29) is 11.8 Å². The Kier molecular flexibility index (Phi) is 6.07. The maximum Gasteiger partial charge on any atom is 0.233 e. The first-order valence-electron chi connectivity index (χ1n) is 7.88. The predicted molar refractivity (Wildman–Crippen MR) is 91.3 cm³/mol. The van der Waals surface area contributed by atoms with Crippen molar-refractivity contribution >= 4 is 22.4 Å². The van der Waals surface area contributed by atoms with Gasteiger partial charge in [-0.2, -0.15) is 0 Å². The summed E-state index contributed by atoms with van der Waals surface area (Å²) >= 11 is 1.49. The van der Waals surface area contributed by atoms with E-state index in [9.17, 15) is 4.79 Å². The number of amides is 1. The molecule has 118 valence electrons. The van der Waals surface area contributed by atoms with Crippen molar-refractivity contribution in [1.29, 1.82) is 0 Å². The topological polar surface area (TPSA) is 54.9 Å². The summed E-state index contributed by atoms with van der Waals surface area (Å²) in [6.07, 6.45) is 2.84. The maximum atomic E-state index is 12.5. The Bertz CT molecular complexity index is 593. The first kappa shape index (κ1) is 16.6. The second kappa shape index (κ2) is 8.03. The maximum absolute atomic E-state index is 12.5. The van der Waals surface area contributed by atoms with Gasteiger partial charge in [-0.1, -0.05) is 62.4 Å². The van der Waals surface area contributed by atoms with Gasteiger partial charge < -0.3 is 0 Å². The van der Waals surface area contributed by atoms with Crippen LogP contribution in [0.1, 0.15) is 62.4 Å². The van der Waals surface area contributed by atoms with Crippen LogP contribution < -0.4 is 5.32 Å². The molecule has 0 saturated heterocycles. The number of carbonyl (C=O) groups excluding carboxylic acids is 1. The number of hydrogen-bond acceptors (Lipinski definition) is 4. The van der Waals surface area contributed by atoms with Gasteiger partial charge in [0.1, 0.15) is 5.01 Å². The Morgan fingerprint density at radius 1 is 1.09 bits per heavy atom. The number of nitrogens with zero attached hydrogens (tertiary/aromatic N) is 2. The van der Waals surface area contributed by atoms with Crippen molar-refractivity contribution in [3.05, 3.63) is 40.9 Å². The zero-order valence-corrected chi connectivity index (χ0v) is 14.2. The third-order valence-electron chi connectivity index (χ3n) is 3.93. The molecule has 1 N–H and O–H groups in total. The highest BCUT2D eigenvalue weighted by Gasteiger charge is 2.21. The van der Waals surface area contributed by atoms with Crippen LogP contribution in [0.4, 0.5) is 5.13 Å². The van der Waals surface area contributed by atoms with Crippen LogP contribution in [-0.4, -0.2) is 16.1 Å². The normalized spacial score (nSPS) is 12.4. The van der Waals surface area contributed by atoms with Gasteiger partial charge in [-0.3, -0.25) is 10.1 Å². The number of anilines is 1. The van der Waals surface area contributed by atoms with Crippen LogP contribution in [0.5, 0.6) is 0 Å². The van der Waals surface area contributed by atoms with Gasteiger partial charge in [0.15, 0.2) is 0 Å². The van der Waals surface area contributed by atoms with E-state index in [0.29, 0.717) is 11.0 Å². The van der Waals surface area contributed by atoms with Crippen molar-refractivity contribution in [2.24, 2.45) is 0 Å². The van der Waals surface area contributed by atoms with Crippen LogP contribution in [0.25, 0.3) is 0 Å². The lowest BCUT2D eigenvalue weighted by Gasteiger charge is -2.13. The average Bonchev–Trinajstić information content (AvgIpc) is 2.98. The smallest absolute Gasteiger partial charge is 0.233 e. The number of nitrogens with one attached hydrogen (secondary N) is 1. The molecule has 1 atom stereocenters. The lowest BCUT2D eigenvalue weighted by atomic mass is 9.96. The van der Waals surface area contributed by atoms with Crippen molar-refractivity contribution in [3.8, 4) is 0 Å². The Morgan fingerprint density at radius 2 is 1.77 bits per heavy atom. The number of carbonyl (C=O) groups is 1. The first-order chi connectivity index (χ1) is 10.7. The van der Waals surface area contributed by atoms with E-state index in [1.165, 1.54) is 11.3 Å². The van der Waals surface area contributed by atoms with Crippen LogP contribution in [0, 0.1) is 0 Å². The minimum Gasteiger partial charge on any atom is -0.300 e. The summed E-state index contributed by atoms with van der Waals surface area (Å²) in [6.45, 7) is 6.32. The third kappa shape index (κ3) is 3.91. The summed E-state index contributed by atoms with van der Waals surface area (Å²) in [5.74, 6) is 0.266. The molecule has 0 aliphatic carbocycles. The fourth-order valence-electron chi connectivity index (χ4n) is 2.54. The predicted octanol–water partition coefficient (Wildman–Crippen LogP) is 4.57. The lowest BCUT2D eigenvalue weighted by molar-refractivity contribution is -0.117. The molecule has 0 spiro atoms. The Balaban J connectivity index is 2.08. The molecule has 22 heavy (non-hydrogen) atoms. The zero-order valence-electron chi connectivity index (χ0n) is 13.4. The summed E-state index contributed by atoms with van der Waals surface area (Å²) in [5.41, 5.74) is 1.03. The summed E-state index contributed by atoms with van der Waals surface area (Å²) in [5, 5.41) is 12.9. The van der Waals surface area contributed by atoms with E-state index in [0.717, 1.165) is 29.8 Å². The molecule has 1 amide bonds. The van der Waals surface area contributed by atoms with Crippen LogP contribution in [0.2, 0.25) is 0 Å². The monoisotopic (exact) mass is 317 g/mol.